The van der Waals surface area contributed by atoms with Gasteiger partial charge in [0.2, 0.25) is 6.10 Å². The Morgan fingerprint density at radius 2 is 1.74 bits per heavy atom. The molecular weight excluding hydrogens is 340 g/mol. The van der Waals surface area contributed by atoms with Crippen LogP contribution in [-0.4, -0.2) is 16.4 Å². The molecule has 1 amide bonds. The molecule has 0 saturated heterocycles. The van der Waals surface area contributed by atoms with Crippen molar-refractivity contribution in [2.45, 2.75) is 20.0 Å². The van der Waals surface area contributed by atoms with Crippen molar-refractivity contribution in [2.24, 2.45) is 7.05 Å². The lowest BCUT2D eigenvalue weighted by Crippen LogP contribution is -2.26. The average molecular weight is 362 g/mol. The Balaban J connectivity index is 1.88. The lowest BCUT2D eigenvalue weighted by Gasteiger charge is -2.19. The van der Waals surface area contributed by atoms with Crippen LogP contribution in [0.5, 0.6) is 0 Å². The summed E-state index contributed by atoms with van der Waals surface area (Å²) in [6.45, 7) is 3.88. The van der Waals surface area contributed by atoms with Crippen molar-refractivity contribution in [3.63, 3.8) is 0 Å². The third kappa shape index (κ3) is 4.26. The topological polar surface area (TPSA) is 60.3 Å². The fourth-order valence-electron chi connectivity index (χ4n) is 2.81. The van der Waals surface area contributed by atoms with Crippen molar-refractivity contribution >= 4 is 17.6 Å². The van der Waals surface area contributed by atoms with Crippen LogP contribution in [0.3, 0.4) is 0 Å². The van der Waals surface area contributed by atoms with Crippen molar-refractivity contribution in [2.75, 3.05) is 5.32 Å². The zero-order valence-corrected chi connectivity index (χ0v) is 15.6. The van der Waals surface area contributed by atoms with Crippen LogP contribution in [0.15, 0.2) is 66.9 Å². The smallest absolute Gasteiger partial charge is 0.356 e. The summed E-state index contributed by atoms with van der Waals surface area (Å²) in [7, 11) is 1.75. The van der Waals surface area contributed by atoms with Gasteiger partial charge in [-0.2, -0.15) is 0 Å². The molecule has 3 rings (SSSR count). The van der Waals surface area contributed by atoms with E-state index in [1.54, 1.807) is 42.1 Å². The first-order valence-electron chi connectivity index (χ1n) is 8.71. The first kappa shape index (κ1) is 18.5. The Hall–Kier alpha value is -3.34. The lowest BCUT2D eigenvalue weighted by atomic mass is 10.1. The first-order chi connectivity index (χ1) is 13.0. The quantitative estimate of drug-likeness (QED) is 0.693. The molecule has 0 aliphatic carbocycles. The summed E-state index contributed by atoms with van der Waals surface area (Å²) < 4.78 is 7.25. The van der Waals surface area contributed by atoms with Crippen molar-refractivity contribution in [3.05, 3.63) is 89.2 Å². The van der Waals surface area contributed by atoms with E-state index in [0.29, 0.717) is 16.9 Å². The number of hydrogen-bond acceptors (Lipinski definition) is 3. The Labute approximate surface area is 158 Å². The zero-order valence-electron chi connectivity index (χ0n) is 15.6. The van der Waals surface area contributed by atoms with E-state index < -0.39 is 18.0 Å². The van der Waals surface area contributed by atoms with Crippen LogP contribution in [-0.2, 0) is 16.6 Å². The van der Waals surface area contributed by atoms with Gasteiger partial charge in [0.05, 0.1) is 0 Å². The molecule has 1 N–H and O–H groups in total. The van der Waals surface area contributed by atoms with Gasteiger partial charge in [0.1, 0.15) is 5.69 Å². The highest BCUT2D eigenvalue weighted by atomic mass is 16.5. The van der Waals surface area contributed by atoms with Gasteiger partial charge in [0.15, 0.2) is 0 Å². The number of hydrogen-bond donors (Lipinski definition) is 1. The lowest BCUT2D eigenvalue weighted by molar-refractivity contribution is -0.125. The number of nitrogens with one attached hydrogen (secondary N) is 1. The predicted molar refractivity (Wildman–Crippen MR) is 105 cm³/mol. The number of esters is 1. The second-order valence-corrected chi connectivity index (χ2v) is 6.51. The fourth-order valence-corrected chi connectivity index (χ4v) is 2.81. The average Bonchev–Trinajstić information content (AvgIpc) is 3.09. The number of benzene rings is 2. The van der Waals surface area contributed by atoms with E-state index in [0.717, 1.165) is 11.1 Å². The molecule has 0 bridgehead atoms. The third-order valence-corrected chi connectivity index (χ3v) is 4.37. The van der Waals surface area contributed by atoms with E-state index in [2.05, 4.69) is 5.32 Å². The molecular formula is C22H22N2O3. The van der Waals surface area contributed by atoms with Crippen LogP contribution < -0.4 is 5.32 Å². The molecule has 5 nitrogen and oxygen atoms in total. The minimum Gasteiger partial charge on any atom is -0.443 e. The van der Waals surface area contributed by atoms with Crippen LogP contribution in [0.4, 0.5) is 5.69 Å². The highest BCUT2D eigenvalue weighted by Crippen LogP contribution is 2.23. The minimum atomic E-state index is -1.05. The molecule has 0 fully saturated rings. The van der Waals surface area contributed by atoms with E-state index in [-0.39, 0.29) is 0 Å². The molecule has 0 aliphatic rings. The van der Waals surface area contributed by atoms with Crippen molar-refractivity contribution in [1.82, 2.24) is 4.57 Å². The normalized spacial score (nSPS) is 11.7. The highest BCUT2D eigenvalue weighted by molar-refractivity contribution is 5.98. The van der Waals surface area contributed by atoms with Gasteiger partial charge in [0, 0.05) is 24.5 Å². The van der Waals surface area contributed by atoms with Crippen molar-refractivity contribution in [3.8, 4) is 0 Å². The molecule has 2 aromatic carbocycles. The maximum absolute atomic E-state index is 13.0. The van der Waals surface area contributed by atoms with Gasteiger partial charge in [-0.25, -0.2) is 4.79 Å². The van der Waals surface area contributed by atoms with Crippen LogP contribution in [0.25, 0.3) is 0 Å². The molecule has 1 atom stereocenters. The molecule has 0 aliphatic heterocycles. The molecule has 3 aromatic rings. The second kappa shape index (κ2) is 7.91. The Morgan fingerprint density at radius 1 is 1.00 bits per heavy atom. The van der Waals surface area contributed by atoms with E-state index in [1.807, 2.05) is 50.2 Å². The van der Waals surface area contributed by atoms with Crippen molar-refractivity contribution in [1.29, 1.82) is 0 Å². The first-order valence-corrected chi connectivity index (χ1v) is 8.71. The maximum atomic E-state index is 13.0. The summed E-state index contributed by atoms with van der Waals surface area (Å²) in [5.41, 5.74) is 3.68. The van der Waals surface area contributed by atoms with Gasteiger partial charge >= 0.3 is 5.97 Å². The van der Waals surface area contributed by atoms with E-state index in [9.17, 15) is 9.59 Å². The number of rotatable bonds is 5. The van der Waals surface area contributed by atoms with Gasteiger partial charge in [0.25, 0.3) is 5.91 Å². The SMILES string of the molecule is Cc1ccc(C)c(NC(=O)[C@H](OC(=O)c2cccn2C)c2ccccc2)c1. The Morgan fingerprint density at radius 3 is 2.41 bits per heavy atom. The van der Waals surface area contributed by atoms with E-state index >= 15 is 0 Å². The highest BCUT2D eigenvalue weighted by Gasteiger charge is 2.27. The number of aryl methyl sites for hydroxylation is 3. The van der Waals surface area contributed by atoms with Crippen LogP contribution in [0.1, 0.15) is 33.3 Å². The third-order valence-electron chi connectivity index (χ3n) is 4.37. The number of anilines is 1. The number of amides is 1. The molecule has 5 heteroatoms. The molecule has 27 heavy (non-hydrogen) atoms. The zero-order chi connectivity index (χ0) is 19.4. The van der Waals surface area contributed by atoms with Gasteiger partial charge in [-0.3, -0.25) is 4.79 Å². The largest absolute Gasteiger partial charge is 0.443 e. The number of carbonyl (C=O) groups excluding carboxylic acids is 2. The van der Waals surface area contributed by atoms with Gasteiger partial charge in [-0.05, 0) is 43.2 Å². The monoisotopic (exact) mass is 362 g/mol. The number of carbonyl (C=O) groups is 2. The number of aromatic nitrogens is 1. The van der Waals surface area contributed by atoms with Crippen LogP contribution in [0.2, 0.25) is 0 Å². The second-order valence-electron chi connectivity index (χ2n) is 6.51. The van der Waals surface area contributed by atoms with Crippen molar-refractivity contribution < 1.29 is 14.3 Å². The molecule has 0 unspecified atom stereocenters. The van der Waals surface area contributed by atoms with Gasteiger partial charge in [-0.15, -0.1) is 0 Å². The summed E-state index contributed by atoms with van der Waals surface area (Å²) in [6.07, 6.45) is 0.707. The fraction of sp³-hybridized carbons (Fsp3) is 0.182. The van der Waals surface area contributed by atoms with Gasteiger partial charge in [-0.1, -0.05) is 42.5 Å². The molecule has 0 spiro atoms. The summed E-state index contributed by atoms with van der Waals surface area (Å²) >= 11 is 0. The number of ether oxygens (including phenoxy) is 1. The van der Waals surface area contributed by atoms with E-state index in [1.165, 1.54) is 0 Å². The number of nitrogens with zero attached hydrogens (tertiary/aromatic N) is 1. The summed E-state index contributed by atoms with van der Waals surface area (Å²) in [6, 6.07) is 18.2. The molecule has 0 saturated carbocycles. The van der Waals surface area contributed by atoms with E-state index in [4.69, 9.17) is 4.74 Å². The molecule has 138 valence electrons. The summed E-state index contributed by atoms with van der Waals surface area (Å²) in [4.78, 5) is 25.5. The minimum absolute atomic E-state index is 0.385. The summed E-state index contributed by atoms with van der Waals surface area (Å²) in [5, 5.41) is 2.89. The molecule has 1 aromatic heterocycles. The van der Waals surface area contributed by atoms with Gasteiger partial charge < -0.3 is 14.6 Å². The van der Waals surface area contributed by atoms with Crippen LogP contribution in [0, 0.1) is 13.8 Å². The maximum Gasteiger partial charge on any atom is 0.356 e. The predicted octanol–water partition coefficient (Wildman–Crippen LogP) is 4.18. The standard InChI is InChI=1S/C22H22N2O3/c1-15-11-12-16(2)18(14-15)23-21(25)20(17-8-5-4-6-9-17)27-22(26)19-10-7-13-24(19)3/h4-14,20H,1-3H3,(H,23,25)/t20-/m1/s1. The molecule has 1 heterocycles. The molecule has 0 radical (unpaired) electrons. The Bertz CT molecular complexity index is 961. The Kier molecular flexibility index (Phi) is 5.41. The summed E-state index contributed by atoms with van der Waals surface area (Å²) in [5.74, 6) is -0.940. The van der Waals surface area contributed by atoms with Crippen LogP contribution >= 0.6 is 0 Å².